The first-order valence-corrected chi connectivity index (χ1v) is 6.97. The number of nitrogens with one attached hydrogen (secondary N) is 1. The zero-order chi connectivity index (χ0) is 14.1. The van der Waals surface area contributed by atoms with Gasteiger partial charge < -0.3 is 16.2 Å². The zero-order valence-corrected chi connectivity index (χ0v) is 11.5. The van der Waals surface area contributed by atoms with Gasteiger partial charge in [-0.1, -0.05) is 0 Å². The van der Waals surface area contributed by atoms with Gasteiger partial charge >= 0.3 is 0 Å². The Morgan fingerprint density at radius 2 is 1.94 bits per heavy atom. The Morgan fingerprint density at radius 3 is 2.33 bits per heavy atom. The van der Waals surface area contributed by atoms with Gasteiger partial charge in [0, 0.05) is 5.69 Å². The third-order valence-corrected chi connectivity index (χ3v) is 3.81. The van der Waals surface area contributed by atoms with E-state index < -0.39 is 21.7 Å². The molecule has 1 aromatic rings. The molecule has 0 spiro atoms. The molecule has 0 aliphatic rings. The van der Waals surface area contributed by atoms with E-state index >= 15 is 0 Å². The van der Waals surface area contributed by atoms with Crippen LogP contribution in [0.3, 0.4) is 0 Å². The predicted molar refractivity (Wildman–Crippen MR) is 71.6 cm³/mol. The molecule has 6 N–H and O–H groups in total. The Kier molecular flexibility index (Phi) is 3.89. The molecular formula is C11H19N3O3S. The van der Waals surface area contributed by atoms with E-state index in [9.17, 15) is 13.5 Å². The molecule has 1 aromatic carbocycles. The Bertz CT molecular complexity index is 538. The van der Waals surface area contributed by atoms with Crippen molar-refractivity contribution in [2.75, 3.05) is 11.1 Å². The van der Waals surface area contributed by atoms with Gasteiger partial charge in [-0.3, -0.25) is 0 Å². The number of hydrogen-bond donors (Lipinski definition) is 4. The van der Waals surface area contributed by atoms with Gasteiger partial charge in [-0.25, -0.2) is 13.6 Å². The molecule has 0 aromatic heterocycles. The molecule has 0 saturated carbocycles. The van der Waals surface area contributed by atoms with E-state index in [0.29, 0.717) is 5.69 Å². The first kappa shape index (κ1) is 14.7. The number of aliphatic hydroxyl groups excluding tert-OH is 1. The minimum atomic E-state index is -3.81. The molecule has 7 heteroatoms. The maximum absolute atomic E-state index is 11.2. The van der Waals surface area contributed by atoms with Crippen LogP contribution in [0.1, 0.15) is 20.8 Å². The summed E-state index contributed by atoms with van der Waals surface area (Å²) in [6, 6.07) is 4.37. The van der Waals surface area contributed by atoms with Crippen molar-refractivity contribution in [1.82, 2.24) is 0 Å². The minimum absolute atomic E-state index is 0.0730. The van der Waals surface area contributed by atoms with Crippen LogP contribution in [0.2, 0.25) is 0 Å². The van der Waals surface area contributed by atoms with Crippen molar-refractivity contribution < 1.29 is 13.5 Å². The Balaban J connectivity index is 3.07. The second-order valence-corrected chi connectivity index (χ2v) is 6.35. The number of hydrogen-bond acceptors (Lipinski definition) is 5. The van der Waals surface area contributed by atoms with Gasteiger partial charge in [0.2, 0.25) is 10.0 Å². The average molecular weight is 273 g/mol. The van der Waals surface area contributed by atoms with E-state index in [2.05, 4.69) is 5.32 Å². The van der Waals surface area contributed by atoms with Crippen LogP contribution in [0.25, 0.3) is 0 Å². The predicted octanol–water partition coefficient (Wildman–Crippen LogP) is 0.488. The van der Waals surface area contributed by atoms with Crippen LogP contribution in [-0.4, -0.2) is 25.2 Å². The molecule has 1 unspecified atom stereocenters. The van der Waals surface area contributed by atoms with Crippen molar-refractivity contribution in [1.29, 1.82) is 0 Å². The monoisotopic (exact) mass is 273 g/mol. The van der Waals surface area contributed by atoms with Gasteiger partial charge in [0.1, 0.15) is 4.90 Å². The van der Waals surface area contributed by atoms with Crippen LogP contribution in [0.5, 0.6) is 0 Å². The zero-order valence-electron chi connectivity index (χ0n) is 10.6. The highest BCUT2D eigenvalue weighted by molar-refractivity contribution is 7.89. The summed E-state index contributed by atoms with van der Waals surface area (Å²) in [6.07, 6.45) is -0.586. The smallest absolute Gasteiger partial charge is 0.240 e. The van der Waals surface area contributed by atoms with Crippen molar-refractivity contribution >= 4 is 21.4 Å². The number of primary sulfonamides is 1. The lowest BCUT2D eigenvalue weighted by Gasteiger charge is -2.30. The lowest BCUT2D eigenvalue weighted by molar-refractivity contribution is 0.133. The van der Waals surface area contributed by atoms with Crippen molar-refractivity contribution in [2.24, 2.45) is 5.14 Å². The summed E-state index contributed by atoms with van der Waals surface area (Å²) in [6.45, 7) is 5.30. The van der Waals surface area contributed by atoms with E-state index in [4.69, 9.17) is 10.9 Å². The van der Waals surface area contributed by atoms with Crippen molar-refractivity contribution in [3.8, 4) is 0 Å². The summed E-state index contributed by atoms with van der Waals surface area (Å²) < 4.78 is 22.4. The van der Waals surface area contributed by atoms with Gasteiger partial charge in [0.05, 0.1) is 17.3 Å². The summed E-state index contributed by atoms with van der Waals surface area (Å²) in [7, 11) is -3.81. The molecule has 0 fully saturated rings. The molecule has 0 bridgehead atoms. The molecule has 0 radical (unpaired) electrons. The third-order valence-electron chi connectivity index (χ3n) is 2.83. The Hall–Kier alpha value is -1.31. The van der Waals surface area contributed by atoms with Crippen molar-refractivity contribution in [2.45, 2.75) is 37.3 Å². The maximum atomic E-state index is 11.2. The number of aliphatic hydroxyl groups is 1. The second-order valence-electron chi connectivity index (χ2n) is 4.82. The van der Waals surface area contributed by atoms with Gasteiger partial charge in [0.25, 0.3) is 0 Å². The minimum Gasteiger partial charge on any atom is -0.398 e. The standard InChI is InChI=1S/C11H19N3O3S/c1-7(15)11(2,3)14-8-4-5-10(9(12)6-8)18(13,16)17/h4-7,14-15H,12H2,1-3H3,(H2,13,16,17). The lowest BCUT2D eigenvalue weighted by Crippen LogP contribution is -2.41. The first-order valence-electron chi connectivity index (χ1n) is 5.42. The average Bonchev–Trinajstić information content (AvgIpc) is 2.14. The number of nitrogens with two attached hydrogens (primary N) is 2. The van der Waals surface area contributed by atoms with Crippen LogP contribution >= 0.6 is 0 Å². The largest absolute Gasteiger partial charge is 0.398 e. The fourth-order valence-electron chi connectivity index (χ4n) is 1.36. The number of nitrogen functional groups attached to an aromatic ring is 1. The Morgan fingerprint density at radius 1 is 1.39 bits per heavy atom. The summed E-state index contributed by atoms with van der Waals surface area (Å²) in [5.74, 6) is 0. The maximum Gasteiger partial charge on any atom is 0.240 e. The van der Waals surface area contributed by atoms with Crippen LogP contribution < -0.4 is 16.2 Å². The molecule has 0 aliphatic carbocycles. The fourth-order valence-corrected chi connectivity index (χ4v) is 2.01. The van der Waals surface area contributed by atoms with Crippen LogP contribution in [0.4, 0.5) is 11.4 Å². The topological polar surface area (TPSA) is 118 Å². The van der Waals surface area contributed by atoms with Gasteiger partial charge in [-0.15, -0.1) is 0 Å². The molecule has 0 heterocycles. The Labute approximate surface area is 107 Å². The highest BCUT2D eigenvalue weighted by Gasteiger charge is 2.24. The van der Waals surface area contributed by atoms with Crippen LogP contribution in [0.15, 0.2) is 23.1 Å². The highest BCUT2D eigenvalue weighted by atomic mass is 32.2. The van der Waals surface area contributed by atoms with Gasteiger partial charge in [-0.05, 0) is 39.0 Å². The lowest BCUT2D eigenvalue weighted by atomic mass is 9.98. The molecule has 0 saturated heterocycles. The third kappa shape index (κ3) is 3.34. The van der Waals surface area contributed by atoms with Crippen LogP contribution in [0, 0.1) is 0 Å². The molecule has 6 nitrogen and oxygen atoms in total. The summed E-state index contributed by atoms with van der Waals surface area (Å²) in [4.78, 5) is -0.108. The molecule has 1 rings (SSSR count). The first-order chi connectivity index (χ1) is 8.04. The van der Waals surface area contributed by atoms with E-state index in [-0.39, 0.29) is 10.6 Å². The summed E-state index contributed by atoms with van der Waals surface area (Å²) >= 11 is 0. The van der Waals surface area contributed by atoms with E-state index in [1.54, 1.807) is 13.0 Å². The van der Waals surface area contributed by atoms with Gasteiger partial charge in [0.15, 0.2) is 0 Å². The van der Waals surface area contributed by atoms with Crippen molar-refractivity contribution in [3.05, 3.63) is 18.2 Å². The van der Waals surface area contributed by atoms with E-state index in [1.165, 1.54) is 12.1 Å². The molecule has 0 amide bonds. The molecule has 1 atom stereocenters. The number of benzene rings is 1. The molecule has 0 aliphatic heterocycles. The van der Waals surface area contributed by atoms with Crippen LogP contribution in [-0.2, 0) is 10.0 Å². The van der Waals surface area contributed by atoms with E-state index in [1.807, 2.05) is 13.8 Å². The molecular weight excluding hydrogens is 254 g/mol. The summed E-state index contributed by atoms with van der Waals surface area (Å²) in [5.41, 5.74) is 5.77. The second kappa shape index (κ2) is 4.75. The molecule has 102 valence electrons. The molecule has 18 heavy (non-hydrogen) atoms. The quantitative estimate of drug-likeness (QED) is 0.595. The highest BCUT2D eigenvalue weighted by Crippen LogP contribution is 2.24. The SMILES string of the molecule is CC(O)C(C)(C)Nc1ccc(S(N)(=O)=O)c(N)c1. The number of sulfonamides is 1. The van der Waals surface area contributed by atoms with Crippen molar-refractivity contribution in [3.63, 3.8) is 0 Å². The summed E-state index contributed by atoms with van der Waals surface area (Å²) in [5, 5.41) is 17.7. The van der Waals surface area contributed by atoms with Gasteiger partial charge in [-0.2, -0.15) is 0 Å². The van der Waals surface area contributed by atoms with E-state index in [0.717, 1.165) is 0 Å². The number of rotatable bonds is 4. The normalized spacial score (nSPS) is 14.3. The fraction of sp³-hybridized carbons (Fsp3) is 0.455. The number of anilines is 2.